The van der Waals surface area contributed by atoms with Crippen molar-refractivity contribution in [3.8, 4) is 0 Å². The van der Waals surface area contributed by atoms with Gasteiger partial charge in [-0.25, -0.2) is 0 Å². The van der Waals surface area contributed by atoms with Crippen LogP contribution in [0.3, 0.4) is 0 Å². The maximum atomic E-state index is 11.8. The lowest BCUT2D eigenvalue weighted by molar-refractivity contribution is -0.150. The van der Waals surface area contributed by atoms with Crippen molar-refractivity contribution in [2.24, 2.45) is 11.8 Å². The van der Waals surface area contributed by atoms with Gasteiger partial charge in [0.15, 0.2) is 0 Å². The summed E-state index contributed by atoms with van der Waals surface area (Å²) < 4.78 is 10.5. The van der Waals surface area contributed by atoms with Crippen LogP contribution >= 0.6 is 0 Å². The highest BCUT2D eigenvalue weighted by molar-refractivity contribution is 5.72. The van der Waals surface area contributed by atoms with Gasteiger partial charge in [-0.2, -0.15) is 0 Å². The monoisotopic (exact) mass is 255 g/mol. The predicted molar refractivity (Wildman–Crippen MR) is 69.3 cm³/mol. The lowest BCUT2D eigenvalue weighted by Crippen LogP contribution is -2.42. The van der Waals surface area contributed by atoms with E-state index in [0.29, 0.717) is 6.61 Å². The third kappa shape index (κ3) is 3.95. The van der Waals surface area contributed by atoms with Gasteiger partial charge in [-0.15, -0.1) is 0 Å². The molecule has 2 rings (SSSR count). The first-order valence-electron chi connectivity index (χ1n) is 7.26. The zero-order valence-corrected chi connectivity index (χ0v) is 11.4. The van der Waals surface area contributed by atoms with Crippen LogP contribution in [0.4, 0.5) is 0 Å². The molecule has 2 saturated heterocycles. The molecule has 1 atom stereocenters. The molecule has 0 aromatic carbocycles. The number of esters is 1. The molecule has 18 heavy (non-hydrogen) atoms. The van der Waals surface area contributed by atoms with Gasteiger partial charge < -0.3 is 14.4 Å². The largest absolute Gasteiger partial charge is 0.466 e. The first-order valence-corrected chi connectivity index (χ1v) is 7.26. The minimum atomic E-state index is -0.00539. The minimum absolute atomic E-state index is 0.00539. The summed E-state index contributed by atoms with van der Waals surface area (Å²) in [6.45, 7) is 7.32. The normalized spacial score (nSPS) is 27.1. The van der Waals surface area contributed by atoms with Gasteiger partial charge in [0.05, 0.1) is 12.5 Å². The van der Waals surface area contributed by atoms with Crippen LogP contribution in [0.15, 0.2) is 0 Å². The fourth-order valence-corrected chi connectivity index (χ4v) is 2.97. The summed E-state index contributed by atoms with van der Waals surface area (Å²) in [6, 6.07) is 0. The standard InChI is InChI=1S/C14H25NO3/c1-2-18-14(16)13-4-3-7-15(11-13)10-12-5-8-17-9-6-12/h12-13H,2-11H2,1H3/t13-/m0/s1. The van der Waals surface area contributed by atoms with Gasteiger partial charge in [-0.1, -0.05) is 0 Å². The van der Waals surface area contributed by atoms with Gasteiger partial charge in [-0.3, -0.25) is 4.79 Å². The van der Waals surface area contributed by atoms with E-state index >= 15 is 0 Å². The molecule has 0 spiro atoms. The predicted octanol–water partition coefficient (Wildman–Crippen LogP) is 1.69. The Hall–Kier alpha value is -0.610. The molecule has 2 fully saturated rings. The molecule has 2 heterocycles. The number of nitrogens with zero attached hydrogens (tertiary/aromatic N) is 1. The number of likely N-dealkylation sites (tertiary alicyclic amines) is 1. The number of piperidine rings is 1. The Bertz CT molecular complexity index is 264. The summed E-state index contributed by atoms with van der Waals surface area (Å²) >= 11 is 0. The second-order valence-corrected chi connectivity index (χ2v) is 5.41. The third-order valence-corrected chi connectivity index (χ3v) is 3.98. The van der Waals surface area contributed by atoms with Crippen LogP contribution in [0.2, 0.25) is 0 Å². The lowest BCUT2D eigenvalue weighted by Gasteiger charge is -2.35. The first-order chi connectivity index (χ1) is 8.79. The number of carbonyl (C=O) groups excluding carboxylic acids is 1. The second-order valence-electron chi connectivity index (χ2n) is 5.41. The van der Waals surface area contributed by atoms with Crippen molar-refractivity contribution in [1.82, 2.24) is 4.90 Å². The van der Waals surface area contributed by atoms with E-state index in [2.05, 4.69) is 4.90 Å². The molecule has 0 radical (unpaired) electrons. The molecule has 4 nitrogen and oxygen atoms in total. The summed E-state index contributed by atoms with van der Waals surface area (Å²) in [5.41, 5.74) is 0. The van der Waals surface area contributed by atoms with E-state index in [-0.39, 0.29) is 11.9 Å². The Morgan fingerprint density at radius 2 is 2.11 bits per heavy atom. The molecular weight excluding hydrogens is 230 g/mol. The van der Waals surface area contributed by atoms with Crippen molar-refractivity contribution in [3.05, 3.63) is 0 Å². The van der Waals surface area contributed by atoms with Crippen molar-refractivity contribution >= 4 is 5.97 Å². The summed E-state index contributed by atoms with van der Waals surface area (Å²) in [6.07, 6.45) is 4.44. The van der Waals surface area contributed by atoms with Crippen LogP contribution in [-0.2, 0) is 14.3 Å². The number of hydrogen-bond acceptors (Lipinski definition) is 4. The second kappa shape index (κ2) is 7.10. The number of ether oxygens (including phenoxy) is 2. The minimum Gasteiger partial charge on any atom is -0.466 e. The summed E-state index contributed by atoms with van der Waals surface area (Å²) in [5, 5.41) is 0. The van der Waals surface area contributed by atoms with Gasteiger partial charge in [0.25, 0.3) is 0 Å². The highest BCUT2D eigenvalue weighted by Gasteiger charge is 2.28. The molecule has 0 unspecified atom stereocenters. The quantitative estimate of drug-likeness (QED) is 0.717. The smallest absolute Gasteiger partial charge is 0.310 e. The Morgan fingerprint density at radius 3 is 2.83 bits per heavy atom. The average molecular weight is 255 g/mol. The molecular formula is C14H25NO3. The topological polar surface area (TPSA) is 38.8 Å². The molecule has 104 valence electrons. The van der Waals surface area contributed by atoms with Crippen LogP contribution in [-0.4, -0.2) is 50.3 Å². The molecule has 0 aromatic rings. The van der Waals surface area contributed by atoms with Crippen molar-refractivity contribution < 1.29 is 14.3 Å². The van der Waals surface area contributed by atoms with Crippen molar-refractivity contribution in [3.63, 3.8) is 0 Å². The highest BCUT2D eigenvalue weighted by Crippen LogP contribution is 2.22. The Balaban J connectivity index is 1.77. The van der Waals surface area contributed by atoms with E-state index < -0.39 is 0 Å². The van der Waals surface area contributed by atoms with Crippen LogP contribution in [0.1, 0.15) is 32.6 Å². The number of rotatable bonds is 4. The van der Waals surface area contributed by atoms with Crippen LogP contribution in [0.25, 0.3) is 0 Å². The molecule has 0 aromatic heterocycles. The van der Waals surface area contributed by atoms with Crippen molar-refractivity contribution in [2.75, 3.05) is 39.5 Å². The molecule has 0 N–H and O–H groups in total. The lowest BCUT2D eigenvalue weighted by atomic mass is 9.94. The maximum Gasteiger partial charge on any atom is 0.310 e. The third-order valence-electron chi connectivity index (χ3n) is 3.98. The molecule has 0 saturated carbocycles. The Labute approximate surface area is 110 Å². The fraction of sp³-hybridized carbons (Fsp3) is 0.929. The Kier molecular flexibility index (Phi) is 5.45. The first kappa shape index (κ1) is 13.8. The van der Waals surface area contributed by atoms with Crippen molar-refractivity contribution in [1.29, 1.82) is 0 Å². The van der Waals surface area contributed by atoms with Gasteiger partial charge >= 0.3 is 5.97 Å². The maximum absolute atomic E-state index is 11.8. The molecule has 2 aliphatic rings. The van der Waals surface area contributed by atoms with E-state index in [1.54, 1.807) is 0 Å². The van der Waals surface area contributed by atoms with Crippen molar-refractivity contribution in [2.45, 2.75) is 32.6 Å². The van der Waals surface area contributed by atoms with Gasteiger partial charge in [-0.05, 0) is 45.1 Å². The molecule has 4 heteroatoms. The van der Waals surface area contributed by atoms with E-state index in [1.165, 1.54) is 12.8 Å². The summed E-state index contributed by atoms with van der Waals surface area (Å²) in [4.78, 5) is 14.2. The Morgan fingerprint density at radius 1 is 1.33 bits per heavy atom. The zero-order valence-electron chi connectivity index (χ0n) is 11.4. The summed E-state index contributed by atoms with van der Waals surface area (Å²) in [7, 11) is 0. The average Bonchev–Trinajstić information content (AvgIpc) is 2.40. The SMILES string of the molecule is CCOC(=O)[C@H]1CCCN(CC2CCOCC2)C1. The summed E-state index contributed by atoms with van der Waals surface area (Å²) in [5.74, 6) is 0.840. The van der Waals surface area contributed by atoms with Crippen LogP contribution in [0, 0.1) is 11.8 Å². The van der Waals surface area contributed by atoms with E-state index in [4.69, 9.17) is 9.47 Å². The van der Waals surface area contributed by atoms with Crippen LogP contribution < -0.4 is 0 Å². The van der Waals surface area contributed by atoms with E-state index in [1.807, 2.05) is 6.92 Å². The van der Waals surface area contributed by atoms with Gasteiger partial charge in [0, 0.05) is 26.3 Å². The molecule has 0 aliphatic carbocycles. The zero-order chi connectivity index (χ0) is 12.8. The highest BCUT2D eigenvalue weighted by atomic mass is 16.5. The molecule has 0 bridgehead atoms. The molecule has 2 aliphatic heterocycles. The fourth-order valence-electron chi connectivity index (χ4n) is 2.97. The van der Waals surface area contributed by atoms with Gasteiger partial charge in [0.2, 0.25) is 0 Å². The number of carbonyl (C=O) groups is 1. The van der Waals surface area contributed by atoms with E-state index in [9.17, 15) is 4.79 Å². The molecule has 0 amide bonds. The van der Waals surface area contributed by atoms with Crippen LogP contribution in [0.5, 0.6) is 0 Å². The number of hydrogen-bond donors (Lipinski definition) is 0. The van der Waals surface area contributed by atoms with E-state index in [0.717, 1.165) is 51.6 Å². The van der Waals surface area contributed by atoms with Gasteiger partial charge in [0.1, 0.15) is 0 Å².